The van der Waals surface area contributed by atoms with E-state index in [9.17, 15) is 13.6 Å². The Morgan fingerprint density at radius 1 is 1.58 bits per heavy atom. The van der Waals surface area contributed by atoms with E-state index in [1.807, 2.05) is 0 Å². The first-order valence-electron chi connectivity index (χ1n) is 2.97. The van der Waals surface area contributed by atoms with Gasteiger partial charge in [0.25, 0.3) is 5.56 Å². The Bertz CT molecular complexity index is 350. The smallest absolute Gasteiger partial charge is 0.321 e. The number of pyridine rings is 1. The highest BCUT2D eigenvalue weighted by molar-refractivity contribution is 9.10. The molecule has 3 nitrogen and oxygen atoms in total. The van der Waals surface area contributed by atoms with Crippen molar-refractivity contribution in [2.75, 3.05) is 5.73 Å². The van der Waals surface area contributed by atoms with Crippen LogP contribution in [0.3, 0.4) is 0 Å². The summed E-state index contributed by atoms with van der Waals surface area (Å²) < 4.78 is 24.4. The molecule has 0 fully saturated rings. The van der Waals surface area contributed by atoms with Gasteiger partial charge in [0, 0.05) is 11.9 Å². The van der Waals surface area contributed by atoms with Gasteiger partial charge in [-0.2, -0.15) is 8.78 Å². The Morgan fingerprint density at radius 3 is 2.67 bits per heavy atom. The average Bonchev–Trinajstić information content (AvgIpc) is 1.96. The second kappa shape index (κ2) is 3.22. The summed E-state index contributed by atoms with van der Waals surface area (Å²) in [4.78, 5) is 10.9. The molecule has 0 saturated carbocycles. The number of nitrogen functional groups attached to an aromatic ring is 1. The highest BCUT2D eigenvalue weighted by atomic mass is 79.9. The van der Waals surface area contributed by atoms with E-state index in [2.05, 4.69) is 15.9 Å². The van der Waals surface area contributed by atoms with E-state index in [1.54, 1.807) is 0 Å². The van der Waals surface area contributed by atoms with Crippen LogP contribution in [0.4, 0.5) is 14.5 Å². The molecule has 0 radical (unpaired) electrons. The topological polar surface area (TPSA) is 48.0 Å². The number of nitrogens with two attached hydrogens (primary N) is 1. The Labute approximate surface area is 74.9 Å². The lowest BCUT2D eigenvalue weighted by molar-refractivity contribution is 0.0663. The van der Waals surface area contributed by atoms with Gasteiger partial charge in [0.2, 0.25) is 0 Å². The molecule has 1 aromatic rings. The van der Waals surface area contributed by atoms with Crippen LogP contribution < -0.4 is 11.3 Å². The molecule has 1 rings (SSSR count). The molecule has 0 aromatic carbocycles. The Morgan fingerprint density at radius 2 is 2.17 bits per heavy atom. The first kappa shape index (κ1) is 9.18. The standard InChI is InChI=1S/C6H5BrF2N2O/c7-4-1-3(10)2-11(5(4)12)6(8)9/h1-2,6H,10H2. The number of nitrogens with zero attached hydrogens (tertiary/aromatic N) is 1. The number of halogens is 3. The first-order valence-corrected chi connectivity index (χ1v) is 3.77. The maximum atomic E-state index is 12.1. The molecule has 12 heavy (non-hydrogen) atoms. The molecule has 0 saturated heterocycles. The third-order valence-electron chi connectivity index (χ3n) is 1.23. The van der Waals surface area contributed by atoms with E-state index < -0.39 is 12.1 Å². The average molecular weight is 239 g/mol. The van der Waals surface area contributed by atoms with Crippen molar-refractivity contribution in [1.29, 1.82) is 0 Å². The lowest BCUT2D eigenvalue weighted by Gasteiger charge is -2.04. The summed E-state index contributed by atoms with van der Waals surface area (Å²) >= 11 is 2.82. The van der Waals surface area contributed by atoms with Crippen molar-refractivity contribution >= 4 is 21.6 Å². The predicted molar refractivity (Wildman–Crippen MR) is 44.1 cm³/mol. The third kappa shape index (κ3) is 1.63. The molecule has 6 heteroatoms. The molecule has 2 N–H and O–H groups in total. The van der Waals surface area contributed by atoms with E-state index in [4.69, 9.17) is 5.73 Å². The van der Waals surface area contributed by atoms with Crippen molar-refractivity contribution < 1.29 is 8.78 Å². The van der Waals surface area contributed by atoms with Gasteiger partial charge in [0.15, 0.2) is 0 Å². The Kier molecular flexibility index (Phi) is 2.46. The zero-order valence-electron chi connectivity index (χ0n) is 5.80. The van der Waals surface area contributed by atoms with Gasteiger partial charge in [-0.25, -0.2) is 0 Å². The zero-order chi connectivity index (χ0) is 9.30. The van der Waals surface area contributed by atoms with Gasteiger partial charge in [-0.15, -0.1) is 0 Å². The van der Waals surface area contributed by atoms with E-state index in [-0.39, 0.29) is 14.7 Å². The minimum absolute atomic E-state index is 0.0304. The zero-order valence-corrected chi connectivity index (χ0v) is 7.38. The molecular weight excluding hydrogens is 234 g/mol. The van der Waals surface area contributed by atoms with E-state index in [0.29, 0.717) is 0 Å². The molecule has 0 aliphatic heterocycles. The molecule has 0 spiro atoms. The van der Waals surface area contributed by atoms with Crippen molar-refractivity contribution in [3.63, 3.8) is 0 Å². The van der Waals surface area contributed by atoms with E-state index in [1.165, 1.54) is 6.07 Å². The quantitative estimate of drug-likeness (QED) is 0.808. The van der Waals surface area contributed by atoms with Crippen molar-refractivity contribution in [1.82, 2.24) is 4.57 Å². The van der Waals surface area contributed by atoms with Crippen LogP contribution in [0.2, 0.25) is 0 Å². The van der Waals surface area contributed by atoms with Crippen LogP contribution in [-0.4, -0.2) is 4.57 Å². The minimum atomic E-state index is -2.86. The normalized spacial score (nSPS) is 10.7. The first-order chi connectivity index (χ1) is 5.52. The maximum absolute atomic E-state index is 12.1. The Hall–Kier alpha value is -0.910. The summed E-state index contributed by atoms with van der Waals surface area (Å²) in [7, 11) is 0. The number of alkyl halides is 2. The second-order valence-corrected chi connectivity index (χ2v) is 2.97. The fraction of sp³-hybridized carbons (Fsp3) is 0.167. The third-order valence-corrected chi connectivity index (χ3v) is 1.80. The van der Waals surface area contributed by atoms with Crippen molar-refractivity contribution in [3.8, 4) is 0 Å². The van der Waals surface area contributed by atoms with Gasteiger partial charge < -0.3 is 5.73 Å². The number of hydrogen-bond acceptors (Lipinski definition) is 2. The van der Waals surface area contributed by atoms with Gasteiger partial charge in [0.1, 0.15) is 0 Å². The van der Waals surface area contributed by atoms with E-state index in [0.717, 1.165) is 6.20 Å². The summed E-state index contributed by atoms with van der Waals surface area (Å²) in [5.41, 5.74) is 4.56. The lowest BCUT2D eigenvalue weighted by atomic mass is 10.4. The lowest BCUT2D eigenvalue weighted by Crippen LogP contribution is -2.21. The largest absolute Gasteiger partial charge is 0.398 e. The van der Waals surface area contributed by atoms with Crippen LogP contribution in [0.25, 0.3) is 0 Å². The minimum Gasteiger partial charge on any atom is -0.398 e. The monoisotopic (exact) mass is 238 g/mol. The van der Waals surface area contributed by atoms with Gasteiger partial charge in [-0.3, -0.25) is 9.36 Å². The SMILES string of the molecule is Nc1cc(Br)c(=O)n(C(F)F)c1. The fourth-order valence-electron chi connectivity index (χ4n) is 0.733. The summed E-state index contributed by atoms with van der Waals surface area (Å²) in [6.07, 6.45) is 0.901. The highest BCUT2D eigenvalue weighted by Gasteiger charge is 2.10. The molecular formula is C6H5BrF2N2O. The molecule has 66 valence electrons. The number of aromatic nitrogens is 1. The summed E-state index contributed by atoms with van der Waals surface area (Å²) in [6, 6.07) is 1.28. The molecule has 0 atom stereocenters. The summed E-state index contributed by atoms with van der Waals surface area (Å²) in [5.74, 6) is 0. The van der Waals surface area contributed by atoms with Crippen LogP contribution in [-0.2, 0) is 0 Å². The van der Waals surface area contributed by atoms with Crippen molar-refractivity contribution in [2.24, 2.45) is 0 Å². The van der Waals surface area contributed by atoms with Crippen molar-refractivity contribution in [3.05, 3.63) is 27.1 Å². The highest BCUT2D eigenvalue weighted by Crippen LogP contribution is 2.13. The molecule has 0 amide bonds. The predicted octanol–water partition coefficient (Wildman–Crippen LogP) is 1.59. The molecule has 0 aliphatic carbocycles. The van der Waals surface area contributed by atoms with E-state index >= 15 is 0 Å². The number of anilines is 1. The molecule has 1 aromatic heterocycles. The van der Waals surface area contributed by atoms with Crippen LogP contribution in [0.15, 0.2) is 21.5 Å². The summed E-state index contributed by atoms with van der Waals surface area (Å²) in [6.45, 7) is -2.86. The molecule has 0 bridgehead atoms. The van der Waals surface area contributed by atoms with Gasteiger partial charge in [0.05, 0.1) is 4.47 Å². The number of hydrogen-bond donors (Lipinski definition) is 1. The second-order valence-electron chi connectivity index (χ2n) is 2.11. The maximum Gasteiger partial charge on any atom is 0.321 e. The molecule has 1 heterocycles. The van der Waals surface area contributed by atoms with Crippen LogP contribution in [0.5, 0.6) is 0 Å². The number of rotatable bonds is 1. The van der Waals surface area contributed by atoms with Crippen molar-refractivity contribution in [2.45, 2.75) is 6.55 Å². The van der Waals surface area contributed by atoms with Gasteiger partial charge >= 0.3 is 6.55 Å². The molecule has 0 unspecified atom stereocenters. The van der Waals surface area contributed by atoms with Crippen LogP contribution in [0, 0.1) is 0 Å². The van der Waals surface area contributed by atoms with Gasteiger partial charge in [-0.05, 0) is 22.0 Å². The Balaban J connectivity index is 3.38. The van der Waals surface area contributed by atoms with Gasteiger partial charge in [-0.1, -0.05) is 0 Å². The molecule has 0 aliphatic rings. The van der Waals surface area contributed by atoms with Crippen LogP contribution in [0.1, 0.15) is 6.55 Å². The fourth-order valence-corrected chi connectivity index (χ4v) is 1.20. The van der Waals surface area contributed by atoms with Crippen LogP contribution >= 0.6 is 15.9 Å². The summed E-state index contributed by atoms with van der Waals surface area (Å²) in [5, 5.41) is 0.